The highest BCUT2D eigenvalue weighted by Crippen LogP contribution is 2.42. The Balaban J connectivity index is 1.96. The van der Waals surface area contributed by atoms with Gasteiger partial charge in [0.05, 0.1) is 0 Å². The molecule has 1 aliphatic rings. The van der Waals surface area contributed by atoms with Crippen molar-refractivity contribution in [2.75, 3.05) is 0 Å². The number of amides is 1. The molecule has 1 fully saturated rings. The fourth-order valence-electron chi connectivity index (χ4n) is 1.96. The normalized spacial score (nSPS) is 21.9. The smallest absolute Gasteiger partial charge is 0.244 e. The van der Waals surface area contributed by atoms with Crippen LogP contribution in [0.3, 0.4) is 0 Å². The molecule has 0 heterocycles. The Morgan fingerprint density at radius 3 is 2.79 bits per heavy atom. The zero-order chi connectivity index (χ0) is 14.0. The van der Waals surface area contributed by atoms with Crippen molar-refractivity contribution < 1.29 is 4.79 Å². The molecule has 2 unspecified atom stereocenters. The quantitative estimate of drug-likeness (QED) is 0.607. The molecule has 4 heteroatoms. The van der Waals surface area contributed by atoms with Gasteiger partial charge in [0.25, 0.3) is 0 Å². The van der Waals surface area contributed by atoms with Gasteiger partial charge in [-0.25, -0.2) is 0 Å². The molecule has 2 atom stereocenters. The van der Waals surface area contributed by atoms with E-state index in [0.29, 0.717) is 5.92 Å². The fraction of sp³-hybridized carbons (Fsp3) is 0.267. The van der Waals surface area contributed by atoms with Crippen LogP contribution >= 0.6 is 31.9 Å². The molecule has 1 aromatic carbocycles. The SMILES string of the molecule is C=CC(C)=CC(=O)NC1CC1c1ccc(Br)c(Br)c1. The second-order valence-electron chi connectivity index (χ2n) is 4.72. The van der Waals surface area contributed by atoms with Gasteiger partial charge in [-0.3, -0.25) is 4.79 Å². The van der Waals surface area contributed by atoms with E-state index in [9.17, 15) is 4.79 Å². The van der Waals surface area contributed by atoms with Crippen molar-refractivity contribution in [3.8, 4) is 0 Å². The molecule has 0 aromatic heterocycles. The second kappa shape index (κ2) is 6.06. The van der Waals surface area contributed by atoms with Gasteiger partial charge in [-0.05, 0) is 68.5 Å². The van der Waals surface area contributed by atoms with Crippen LogP contribution in [0, 0.1) is 0 Å². The van der Waals surface area contributed by atoms with Crippen molar-refractivity contribution in [2.45, 2.75) is 25.3 Å². The Labute approximate surface area is 130 Å². The first kappa shape index (κ1) is 14.5. The summed E-state index contributed by atoms with van der Waals surface area (Å²) in [6, 6.07) is 6.47. The average molecular weight is 385 g/mol. The number of rotatable bonds is 4. The van der Waals surface area contributed by atoms with Crippen LogP contribution in [-0.4, -0.2) is 11.9 Å². The first-order valence-electron chi connectivity index (χ1n) is 6.07. The van der Waals surface area contributed by atoms with Crippen LogP contribution in [-0.2, 0) is 4.79 Å². The molecular formula is C15H15Br2NO. The minimum absolute atomic E-state index is 0.0407. The minimum Gasteiger partial charge on any atom is -0.349 e. The largest absolute Gasteiger partial charge is 0.349 e. The summed E-state index contributed by atoms with van der Waals surface area (Å²) >= 11 is 6.96. The van der Waals surface area contributed by atoms with Gasteiger partial charge in [-0.1, -0.05) is 18.7 Å². The number of hydrogen-bond donors (Lipinski definition) is 1. The maximum absolute atomic E-state index is 11.7. The molecule has 0 spiro atoms. The third kappa shape index (κ3) is 3.80. The third-order valence-electron chi connectivity index (χ3n) is 3.17. The standard InChI is InChI=1S/C15H15Br2NO/c1-3-9(2)6-15(19)18-14-8-11(14)10-4-5-12(16)13(17)7-10/h3-7,11,14H,1,8H2,2H3,(H,18,19). The van der Waals surface area contributed by atoms with Crippen LogP contribution < -0.4 is 5.32 Å². The summed E-state index contributed by atoms with van der Waals surface area (Å²) in [7, 11) is 0. The molecule has 100 valence electrons. The third-order valence-corrected chi connectivity index (χ3v) is 5.05. The maximum atomic E-state index is 11.7. The van der Waals surface area contributed by atoms with E-state index in [1.165, 1.54) is 5.56 Å². The lowest BCUT2D eigenvalue weighted by Crippen LogP contribution is -2.24. The average Bonchev–Trinajstić information content (AvgIpc) is 3.11. The minimum atomic E-state index is -0.0407. The summed E-state index contributed by atoms with van der Waals surface area (Å²) in [5.74, 6) is 0.381. The molecule has 1 saturated carbocycles. The Kier molecular flexibility index (Phi) is 4.63. The van der Waals surface area contributed by atoms with Crippen LogP contribution in [0.1, 0.15) is 24.8 Å². The Morgan fingerprint density at radius 1 is 1.42 bits per heavy atom. The first-order valence-corrected chi connectivity index (χ1v) is 7.66. The van der Waals surface area contributed by atoms with Crippen molar-refractivity contribution in [1.29, 1.82) is 0 Å². The summed E-state index contributed by atoms with van der Waals surface area (Å²) in [6.07, 6.45) is 4.26. The van der Waals surface area contributed by atoms with Crippen molar-refractivity contribution in [1.82, 2.24) is 5.32 Å². The highest BCUT2D eigenvalue weighted by molar-refractivity contribution is 9.13. The maximum Gasteiger partial charge on any atom is 0.244 e. The predicted molar refractivity (Wildman–Crippen MR) is 85.1 cm³/mol. The molecular weight excluding hydrogens is 370 g/mol. The number of allylic oxidation sites excluding steroid dienone is 2. The summed E-state index contributed by atoms with van der Waals surface area (Å²) in [5.41, 5.74) is 2.13. The molecule has 1 aromatic rings. The monoisotopic (exact) mass is 383 g/mol. The fourth-order valence-corrected chi connectivity index (χ4v) is 2.60. The van der Waals surface area contributed by atoms with Crippen molar-refractivity contribution in [3.05, 3.63) is 57.0 Å². The van der Waals surface area contributed by atoms with Crippen LogP contribution in [0.15, 0.2) is 51.4 Å². The highest BCUT2D eigenvalue weighted by atomic mass is 79.9. The number of carbonyl (C=O) groups excluding carboxylic acids is 1. The summed E-state index contributed by atoms with van der Waals surface area (Å²) in [6.45, 7) is 5.49. The van der Waals surface area contributed by atoms with E-state index in [-0.39, 0.29) is 11.9 Å². The molecule has 2 nitrogen and oxygen atoms in total. The van der Waals surface area contributed by atoms with Gasteiger partial charge in [-0.15, -0.1) is 0 Å². The van der Waals surface area contributed by atoms with Crippen LogP contribution in [0.25, 0.3) is 0 Å². The molecule has 0 aliphatic heterocycles. The van der Waals surface area contributed by atoms with Crippen LogP contribution in [0.5, 0.6) is 0 Å². The van der Waals surface area contributed by atoms with Gasteiger partial charge < -0.3 is 5.32 Å². The lowest BCUT2D eigenvalue weighted by Gasteiger charge is -2.04. The lowest BCUT2D eigenvalue weighted by atomic mass is 10.1. The molecule has 0 radical (unpaired) electrons. The van der Waals surface area contributed by atoms with Gasteiger partial charge in [0.1, 0.15) is 0 Å². The molecule has 0 saturated heterocycles. The molecule has 19 heavy (non-hydrogen) atoms. The zero-order valence-corrected chi connectivity index (χ0v) is 13.8. The second-order valence-corrected chi connectivity index (χ2v) is 6.43. The van der Waals surface area contributed by atoms with Crippen LogP contribution in [0.4, 0.5) is 0 Å². The van der Waals surface area contributed by atoms with Gasteiger partial charge in [-0.2, -0.15) is 0 Å². The van der Waals surface area contributed by atoms with Gasteiger partial charge in [0, 0.05) is 27.0 Å². The van der Waals surface area contributed by atoms with Crippen LogP contribution in [0.2, 0.25) is 0 Å². The first-order chi connectivity index (χ1) is 9.01. The highest BCUT2D eigenvalue weighted by Gasteiger charge is 2.39. The zero-order valence-electron chi connectivity index (χ0n) is 10.6. The summed E-state index contributed by atoms with van der Waals surface area (Å²) in [5, 5.41) is 3.01. The number of hydrogen-bond acceptors (Lipinski definition) is 1. The number of halogens is 2. The Bertz CT molecular complexity index is 551. The van der Waals surface area contributed by atoms with E-state index in [0.717, 1.165) is 20.9 Å². The van der Waals surface area contributed by atoms with E-state index in [4.69, 9.17) is 0 Å². The number of carbonyl (C=O) groups is 1. The molecule has 2 rings (SSSR count). The Hall–Kier alpha value is -0.870. The molecule has 1 N–H and O–H groups in total. The van der Waals surface area contributed by atoms with E-state index < -0.39 is 0 Å². The van der Waals surface area contributed by atoms with E-state index in [1.807, 2.05) is 13.0 Å². The summed E-state index contributed by atoms with van der Waals surface area (Å²) < 4.78 is 2.09. The lowest BCUT2D eigenvalue weighted by molar-refractivity contribution is -0.116. The number of benzene rings is 1. The topological polar surface area (TPSA) is 29.1 Å². The van der Waals surface area contributed by atoms with Gasteiger partial charge >= 0.3 is 0 Å². The van der Waals surface area contributed by atoms with Crippen molar-refractivity contribution >= 4 is 37.8 Å². The van der Waals surface area contributed by atoms with E-state index in [2.05, 4.69) is 55.9 Å². The van der Waals surface area contributed by atoms with Crippen molar-refractivity contribution in [3.63, 3.8) is 0 Å². The van der Waals surface area contributed by atoms with Gasteiger partial charge in [0.15, 0.2) is 0 Å². The van der Waals surface area contributed by atoms with E-state index >= 15 is 0 Å². The van der Waals surface area contributed by atoms with E-state index in [1.54, 1.807) is 12.2 Å². The molecule has 1 amide bonds. The predicted octanol–water partition coefficient (Wildman–Crippen LogP) is 4.32. The molecule has 0 bridgehead atoms. The molecule has 1 aliphatic carbocycles. The van der Waals surface area contributed by atoms with Gasteiger partial charge in [0.2, 0.25) is 5.91 Å². The number of nitrogens with one attached hydrogen (secondary N) is 1. The Morgan fingerprint density at radius 2 is 2.16 bits per heavy atom. The van der Waals surface area contributed by atoms with Crippen molar-refractivity contribution in [2.24, 2.45) is 0 Å². The summed E-state index contributed by atoms with van der Waals surface area (Å²) in [4.78, 5) is 11.7.